The summed E-state index contributed by atoms with van der Waals surface area (Å²) < 4.78 is 2.19. The van der Waals surface area contributed by atoms with Crippen LogP contribution in [0.2, 0.25) is 0 Å². The Balaban J connectivity index is 1.41. The topological polar surface area (TPSA) is 103 Å². The van der Waals surface area contributed by atoms with Gasteiger partial charge >= 0.3 is 0 Å². The standard InChI is InChI=1S/C20H24N6O3S/c1-20-10-9-17(28)26(20)14-7-4-3-6-13(14)18(29)25(20)11-5-8-16(27)21-12-15-22-23-19(30)24(15)2/h3-4,6-7H,5,8-12H2,1-2H3,(H,21,27)(H,23,30). The maximum Gasteiger partial charge on any atom is 0.257 e. The van der Waals surface area contributed by atoms with Crippen molar-refractivity contribution >= 4 is 35.6 Å². The molecule has 2 N–H and O–H groups in total. The van der Waals surface area contributed by atoms with Crippen LogP contribution in [0, 0.1) is 4.77 Å². The third kappa shape index (κ3) is 3.30. The van der Waals surface area contributed by atoms with Crippen LogP contribution in [0.1, 0.15) is 48.8 Å². The summed E-state index contributed by atoms with van der Waals surface area (Å²) in [4.78, 5) is 41.5. The van der Waals surface area contributed by atoms with Crippen molar-refractivity contribution in [3.63, 3.8) is 0 Å². The van der Waals surface area contributed by atoms with Crippen LogP contribution in [0.5, 0.6) is 0 Å². The van der Waals surface area contributed by atoms with Crippen LogP contribution in [-0.2, 0) is 23.2 Å². The number of nitrogens with one attached hydrogen (secondary N) is 2. The zero-order chi connectivity index (χ0) is 21.5. The van der Waals surface area contributed by atoms with Crippen molar-refractivity contribution in [3.8, 4) is 0 Å². The van der Waals surface area contributed by atoms with Crippen LogP contribution >= 0.6 is 12.2 Å². The fourth-order valence-corrected chi connectivity index (χ4v) is 4.39. The van der Waals surface area contributed by atoms with Crippen molar-refractivity contribution in [1.29, 1.82) is 0 Å². The summed E-state index contributed by atoms with van der Waals surface area (Å²) in [6.45, 7) is 2.60. The van der Waals surface area contributed by atoms with E-state index in [4.69, 9.17) is 12.2 Å². The lowest BCUT2D eigenvalue weighted by molar-refractivity contribution is -0.121. The molecule has 1 aromatic carbocycles. The SMILES string of the molecule is Cn1c(CNC(=O)CCCN2C(=O)c3ccccc3N3C(=O)CCC23C)n[nH]c1=S. The van der Waals surface area contributed by atoms with Crippen LogP contribution in [0.4, 0.5) is 5.69 Å². The lowest BCUT2D eigenvalue weighted by atomic mass is 9.98. The highest BCUT2D eigenvalue weighted by Crippen LogP contribution is 2.43. The highest BCUT2D eigenvalue weighted by molar-refractivity contribution is 7.71. The Morgan fingerprint density at radius 2 is 2.10 bits per heavy atom. The van der Waals surface area contributed by atoms with E-state index in [2.05, 4.69) is 15.5 Å². The first-order valence-corrected chi connectivity index (χ1v) is 10.3. The van der Waals surface area contributed by atoms with Gasteiger partial charge in [0, 0.05) is 26.4 Å². The second-order valence-electron chi connectivity index (χ2n) is 7.80. The highest BCUT2D eigenvalue weighted by atomic mass is 32.1. The van der Waals surface area contributed by atoms with E-state index >= 15 is 0 Å². The van der Waals surface area contributed by atoms with Gasteiger partial charge in [-0.3, -0.25) is 24.4 Å². The zero-order valence-electron chi connectivity index (χ0n) is 17.0. The quantitative estimate of drug-likeness (QED) is 0.684. The fourth-order valence-electron chi connectivity index (χ4n) is 4.24. The van der Waals surface area contributed by atoms with Crippen molar-refractivity contribution in [2.75, 3.05) is 11.4 Å². The van der Waals surface area contributed by atoms with Gasteiger partial charge < -0.3 is 14.8 Å². The third-order valence-corrected chi connectivity index (χ3v) is 6.31. The largest absolute Gasteiger partial charge is 0.349 e. The summed E-state index contributed by atoms with van der Waals surface area (Å²) >= 11 is 5.06. The molecular formula is C20H24N6O3S. The molecule has 0 aliphatic carbocycles. The molecule has 2 aromatic rings. The number of carbonyl (C=O) groups is 3. The summed E-state index contributed by atoms with van der Waals surface area (Å²) in [7, 11) is 1.78. The average molecular weight is 429 g/mol. The van der Waals surface area contributed by atoms with Crippen LogP contribution in [0.25, 0.3) is 0 Å². The highest BCUT2D eigenvalue weighted by Gasteiger charge is 2.52. The van der Waals surface area contributed by atoms with Crippen LogP contribution < -0.4 is 10.2 Å². The second-order valence-corrected chi connectivity index (χ2v) is 8.19. The van der Waals surface area contributed by atoms with E-state index in [9.17, 15) is 14.4 Å². The van der Waals surface area contributed by atoms with Crippen molar-refractivity contribution in [2.45, 2.75) is 44.8 Å². The van der Waals surface area contributed by atoms with E-state index in [-0.39, 0.29) is 30.7 Å². The molecule has 3 heterocycles. The molecule has 1 aromatic heterocycles. The summed E-state index contributed by atoms with van der Waals surface area (Å²) in [5, 5.41) is 9.57. The van der Waals surface area contributed by atoms with Gasteiger partial charge in [-0.15, -0.1) is 0 Å². The lowest BCUT2D eigenvalue weighted by Crippen LogP contribution is -2.62. The first-order chi connectivity index (χ1) is 14.3. The van der Waals surface area contributed by atoms with E-state index in [1.54, 1.807) is 33.5 Å². The molecule has 2 aliphatic rings. The van der Waals surface area contributed by atoms with Gasteiger partial charge in [0.05, 0.1) is 17.8 Å². The predicted molar refractivity (Wildman–Crippen MR) is 112 cm³/mol. The lowest BCUT2D eigenvalue weighted by Gasteiger charge is -2.48. The summed E-state index contributed by atoms with van der Waals surface area (Å²) in [6.07, 6.45) is 1.75. The van der Waals surface area contributed by atoms with E-state index in [0.29, 0.717) is 47.7 Å². The number of benzene rings is 1. The Bertz CT molecular complexity index is 1080. The summed E-state index contributed by atoms with van der Waals surface area (Å²) in [5.41, 5.74) is 0.511. The number of H-pyrrole nitrogens is 1. The van der Waals surface area contributed by atoms with Gasteiger partial charge in [0.2, 0.25) is 11.8 Å². The molecule has 30 heavy (non-hydrogen) atoms. The van der Waals surface area contributed by atoms with Gasteiger partial charge in [0.15, 0.2) is 10.6 Å². The van der Waals surface area contributed by atoms with Crippen LogP contribution in [-0.4, -0.2) is 49.6 Å². The number of aromatic nitrogens is 3. The van der Waals surface area contributed by atoms with Gasteiger partial charge in [-0.2, -0.15) is 5.10 Å². The Morgan fingerprint density at radius 1 is 1.33 bits per heavy atom. The molecule has 2 aliphatic heterocycles. The molecule has 1 saturated heterocycles. The maximum atomic E-state index is 13.2. The van der Waals surface area contributed by atoms with Crippen molar-refractivity contribution in [2.24, 2.45) is 7.05 Å². The number of nitrogens with zero attached hydrogens (tertiary/aromatic N) is 4. The van der Waals surface area contributed by atoms with Gasteiger partial charge in [-0.25, -0.2) is 0 Å². The first-order valence-electron chi connectivity index (χ1n) is 9.94. The predicted octanol–water partition coefficient (Wildman–Crippen LogP) is 1.87. The number of para-hydroxylation sites is 1. The molecule has 9 nitrogen and oxygen atoms in total. The number of carbonyl (C=O) groups excluding carboxylic acids is 3. The van der Waals surface area contributed by atoms with Gasteiger partial charge in [-0.05, 0) is 44.1 Å². The van der Waals surface area contributed by atoms with Gasteiger partial charge in [0.1, 0.15) is 5.66 Å². The van der Waals surface area contributed by atoms with E-state index in [1.165, 1.54) is 0 Å². The zero-order valence-corrected chi connectivity index (χ0v) is 17.8. The molecule has 1 unspecified atom stereocenters. The summed E-state index contributed by atoms with van der Waals surface area (Å²) in [5.74, 6) is 0.441. The molecule has 10 heteroatoms. The molecule has 1 fully saturated rings. The monoisotopic (exact) mass is 428 g/mol. The molecule has 0 saturated carbocycles. The van der Waals surface area contributed by atoms with Crippen molar-refractivity contribution < 1.29 is 14.4 Å². The normalized spacial score (nSPS) is 20.3. The number of rotatable bonds is 6. The second kappa shape index (κ2) is 7.67. The minimum atomic E-state index is -0.693. The molecule has 0 bridgehead atoms. The van der Waals surface area contributed by atoms with Gasteiger partial charge in [-0.1, -0.05) is 12.1 Å². The smallest absolute Gasteiger partial charge is 0.257 e. The number of anilines is 1. The average Bonchev–Trinajstić information content (AvgIpc) is 3.22. The maximum absolute atomic E-state index is 13.2. The first kappa shape index (κ1) is 20.3. The number of hydrogen-bond donors (Lipinski definition) is 2. The number of hydrogen-bond acceptors (Lipinski definition) is 5. The number of fused-ring (bicyclic) bond motifs is 3. The molecule has 4 rings (SSSR count). The van der Waals surface area contributed by atoms with Crippen LogP contribution in [0.3, 0.4) is 0 Å². The molecule has 1 atom stereocenters. The molecular weight excluding hydrogens is 404 g/mol. The van der Waals surface area contributed by atoms with Gasteiger partial charge in [0.25, 0.3) is 5.91 Å². The Morgan fingerprint density at radius 3 is 2.83 bits per heavy atom. The van der Waals surface area contributed by atoms with E-state index in [0.717, 1.165) is 0 Å². The molecule has 158 valence electrons. The molecule has 0 radical (unpaired) electrons. The van der Waals surface area contributed by atoms with E-state index in [1.807, 2.05) is 19.1 Å². The minimum absolute atomic E-state index is 0.0215. The fraction of sp³-hybridized carbons (Fsp3) is 0.450. The van der Waals surface area contributed by atoms with Crippen molar-refractivity contribution in [1.82, 2.24) is 25.0 Å². The Hall–Kier alpha value is -3.01. The Labute approximate surface area is 179 Å². The number of aromatic amines is 1. The molecule has 0 spiro atoms. The van der Waals surface area contributed by atoms with Crippen LogP contribution in [0.15, 0.2) is 24.3 Å². The molecule has 3 amide bonds. The summed E-state index contributed by atoms with van der Waals surface area (Å²) in [6, 6.07) is 7.21. The Kier molecular flexibility index (Phi) is 5.19. The van der Waals surface area contributed by atoms with Crippen molar-refractivity contribution in [3.05, 3.63) is 40.4 Å². The van der Waals surface area contributed by atoms with E-state index < -0.39 is 5.66 Å². The minimum Gasteiger partial charge on any atom is -0.349 e. The third-order valence-electron chi connectivity index (χ3n) is 5.95. The number of amides is 3.